The van der Waals surface area contributed by atoms with Crippen LogP contribution in [0.15, 0.2) is 211 Å². The third kappa shape index (κ3) is 5.20. The van der Waals surface area contributed by atoms with Crippen molar-refractivity contribution in [1.29, 1.82) is 0 Å². The Bertz CT molecular complexity index is 3360. The molecule has 59 heavy (non-hydrogen) atoms. The minimum atomic E-state index is -2.92. The van der Waals surface area contributed by atoms with Crippen molar-refractivity contribution in [2.45, 2.75) is 6.92 Å². The van der Waals surface area contributed by atoms with E-state index in [4.69, 9.17) is 4.42 Å². The van der Waals surface area contributed by atoms with Crippen molar-refractivity contribution >= 4 is 95.6 Å². The number of rotatable bonds is 8. The number of hydrogen-bond donors (Lipinski definition) is 0. The maximum Gasteiger partial charge on any atom is 0.179 e. The van der Waals surface area contributed by atoms with Gasteiger partial charge in [0.05, 0.1) is 27.6 Å². The van der Waals surface area contributed by atoms with E-state index in [9.17, 15) is 0 Å². The highest BCUT2D eigenvalue weighted by Gasteiger charge is 2.41. The molecule has 3 heterocycles. The highest BCUT2D eigenvalue weighted by Crippen LogP contribution is 2.40. The summed E-state index contributed by atoms with van der Waals surface area (Å²) in [6.45, 7) is 6.34. The highest BCUT2D eigenvalue weighted by atomic mass is 28.3. The van der Waals surface area contributed by atoms with Crippen molar-refractivity contribution in [3.8, 4) is 11.4 Å². The lowest BCUT2D eigenvalue weighted by Crippen LogP contribution is -2.74. The third-order valence-electron chi connectivity index (χ3n) is 12.2. The van der Waals surface area contributed by atoms with Gasteiger partial charge in [-0.15, -0.1) is 0 Å². The summed E-state index contributed by atoms with van der Waals surface area (Å²) >= 11 is 0. The van der Waals surface area contributed by atoms with Gasteiger partial charge in [0.1, 0.15) is 11.2 Å². The molecule has 4 heteroatoms. The smallest absolute Gasteiger partial charge is 0.179 e. The molecule has 0 saturated carbocycles. The summed E-state index contributed by atoms with van der Waals surface area (Å²) in [5, 5.41) is 11.1. The van der Waals surface area contributed by atoms with Crippen LogP contribution >= 0.6 is 0 Å². The Kier molecular flexibility index (Phi) is 8.21. The van der Waals surface area contributed by atoms with Crippen LogP contribution in [-0.2, 0) is 0 Å². The Morgan fingerprint density at radius 3 is 1.76 bits per heavy atom. The Morgan fingerprint density at radius 1 is 0.475 bits per heavy atom. The average Bonchev–Trinajstić information content (AvgIpc) is 3.95. The normalized spacial score (nSPS) is 12.2. The van der Waals surface area contributed by atoms with Crippen LogP contribution in [0.2, 0.25) is 0 Å². The molecule has 0 aliphatic rings. The van der Waals surface area contributed by atoms with Gasteiger partial charge in [-0.2, -0.15) is 0 Å². The number of hydrogen-bond acceptors (Lipinski definition) is 1. The van der Waals surface area contributed by atoms with Gasteiger partial charge in [0.25, 0.3) is 0 Å². The largest absolute Gasteiger partial charge is 0.455 e. The highest BCUT2D eigenvalue weighted by molar-refractivity contribution is 7.19. The number of aromatic nitrogens is 2. The van der Waals surface area contributed by atoms with E-state index >= 15 is 0 Å². The fraction of sp³-hybridized carbons (Fsp3) is 0.0182. The standard InChI is InChI=1S/C55H40N2OSi/c1-3-18-44-45-25-11-14-28-50(45)56(49(44)4-2)38-31-33-42(34-32-38)59(40-20-7-5-8-21-40,41-22-9-6-10-23-41)43-24-17-19-39(37-43)57-51-29-15-12-27-48(51)54-52(57)36-35-47-46-26-13-16-30-53(46)58-55(47)54/h3-37H,2H2,1H3/b18-3-. The van der Waals surface area contributed by atoms with Crippen molar-refractivity contribution in [3.63, 3.8) is 0 Å². The van der Waals surface area contributed by atoms with Gasteiger partial charge in [-0.05, 0) is 88.3 Å². The first-order valence-electron chi connectivity index (χ1n) is 20.3. The number of para-hydroxylation sites is 3. The number of nitrogens with zero attached hydrogens (tertiary/aromatic N) is 2. The predicted octanol–water partition coefficient (Wildman–Crippen LogP) is 11.7. The second-order valence-electron chi connectivity index (χ2n) is 15.2. The summed E-state index contributed by atoms with van der Waals surface area (Å²) in [5.41, 5.74) is 9.78. The van der Waals surface area contributed by atoms with Gasteiger partial charge in [0.15, 0.2) is 8.07 Å². The second-order valence-corrected chi connectivity index (χ2v) is 19.0. The maximum atomic E-state index is 6.65. The average molecular weight is 773 g/mol. The SMILES string of the molecule is C=Cc1c(/C=C\C)c2ccccc2n1-c1ccc([Si](c2ccccc2)(c2ccccc2)c2cccc(-n3c4ccccc4c4c5oc6ccccc6c5ccc43)c2)cc1. The van der Waals surface area contributed by atoms with E-state index in [0.717, 1.165) is 60.9 Å². The van der Waals surface area contributed by atoms with Crippen molar-refractivity contribution < 1.29 is 4.42 Å². The number of allylic oxidation sites excluding steroid dienone is 1. The molecule has 280 valence electrons. The number of fused-ring (bicyclic) bond motifs is 8. The van der Waals surface area contributed by atoms with Gasteiger partial charge in [-0.3, -0.25) is 0 Å². The Morgan fingerprint density at radius 2 is 1.07 bits per heavy atom. The van der Waals surface area contributed by atoms with Crippen molar-refractivity contribution in [2.24, 2.45) is 0 Å². The van der Waals surface area contributed by atoms with Crippen molar-refractivity contribution in [2.75, 3.05) is 0 Å². The first-order chi connectivity index (χ1) is 29.2. The summed E-state index contributed by atoms with van der Waals surface area (Å²) in [5.74, 6) is 0. The van der Waals surface area contributed by atoms with E-state index in [1.165, 1.54) is 37.1 Å². The van der Waals surface area contributed by atoms with Gasteiger partial charge in [0.2, 0.25) is 0 Å². The molecule has 0 N–H and O–H groups in total. The molecule has 8 aromatic carbocycles. The van der Waals surface area contributed by atoms with E-state index in [2.05, 4.69) is 223 Å². The summed E-state index contributed by atoms with van der Waals surface area (Å²) in [7, 11) is -2.92. The second kappa shape index (κ2) is 13.9. The first-order valence-corrected chi connectivity index (χ1v) is 22.3. The molecule has 0 aliphatic carbocycles. The zero-order chi connectivity index (χ0) is 39.5. The van der Waals surface area contributed by atoms with Crippen LogP contribution in [0.4, 0.5) is 0 Å². The van der Waals surface area contributed by atoms with Crippen molar-refractivity contribution in [3.05, 3.63) is 218 Å². The molecule has 0 fully saturated rings. The lowest BCUT2D eigenvalue weighted by atomic mass is 10.1. The van der Waals surface area contributed by atoms with Gasteiger partial charge < -0.3 is 13.6 Å². The lowest BCUT2D eigenvalue weighted by Gasteiger charge is -2.35. The van der Waals surface area contributed by atoms with E-state index in [1.54, 1.807) is 0 Å². The van der Waals surface area contributed by atoms with E-state index in [1.807, 2.05) is 12.1 Å². The molecule has 3 aromatic heterocycles. The molecule has 0 aliphatic heterocycles. The van der Waals surface area contributed by atoms with E-state index in [-0.39, 0.29) is 0 Å². The summed E-state index contributed by atoms with van der Waals surface area (Å²) in [4.78, 5) is 0. The molecule has 0 bridgehead atoms. The van der Waals surface area contributed by atoms with Crippen LogP contribution in [-0.4, -0.2) is 17.2 Å². The van der Waals surface area contributed by atoms with Crippen molar-refractivity contribution in [1.82, 2.24) is 9.13 Å². The number of furan rings is 1. The summed E-state index contributed by atoms with van der Waals surface area (Å²) < 4.78 is 11.4. The zero-order valence-corrected chi connectivity index (χ0v) is 33.7. The number of benzene rings is 8. The van der Waals surface area contributed by atoms with Crippen LogP contribution in [0.25, 0.3) is 78.2 Å². The van der Waals surface area contributed by atoms with Gasteiger partial charge in [-0.25, -0.2) is 0 Å². The fourth-order valence-corrected chi connectivity index (χ4v) is 14.5. The molecular weight excluding hydrogens is 733 g/mol. The van der Waals surface area contributed by atoms with Crippen LogP contribution in [0, 0.1) is 0 Å². The maximum absolute atomic E-state index is 6.65. The van der Waals surface area contributed by atoms with E-state index in [0.29, 0.717) is 0 Å². The molecule has 0 saturated heterocycles. The van der Waals surface area contributed by atoms with Crippen LogP contribution in [0.1, 0.15) is 18.2 Å². The minimum Gasteiger partial charge on any atom is -0.455 e. The molecular formula is C55H40N2OSi. The predicted molar refractivity (Wildman–Crippen MR) is 253 cm³/mol. The third-order valence-corrected chi connectivity index (χ3v) is 16.9. The zero-order valence-electron chi connectivity index (χ0n) is 32.7. The van der Waals surface area contributed by atoms with E-state index < -0.39 is 8.07 Å². The topological polar surface area (TPSA) is 23.0 Å². The Balaban J connectivity index is 1.16. The monoisotopic (exact) mass is 772 g/mol. The lowest BCUT2D eigenvalue weighted by molar-refractivity contribution is 0.673. The van der Waals surface area contributed by atoms with Gasteiger partial charge >= 0.3 is 0 Å². The van der Waals surface area contributed by atoms with Crippen LogP contribution < -0.4 is 20.7 Å². The molecule has 11 rings (SSSR count). The van der Waals surface area contributed by atoms with Crippen LogP contribution in [0.3, 0.4) is 0 Å². The Labute approximate surface area is 344 Å². The molecule has 0 atom stereocenters. The minimum absolute atomic E-state index is 0.908. The quantitative estimate of drug-likeness (QED) is 0.111. The molecule has 0 amide bonds. The molecule has 0 spiro atoms. The Hall–Kier alpha value is -7.40. The molecule has 0 radical (unpaired) electrons. The molecule has 11 aromatic rings. The van der Waals surface area contributed by atoms with Gasteiger partial charge in [0, 0.05) is 38.5 Å². The summed E-state index contributed by atoms with van der Waals surface area (Å²) in [6, 6.07) is 71.2. The first kappa shape index (κ1) is 34.8. The summed E-state index contributed by atoms with van der Waals surface area (Å²) in [6.07, 6.45) is 6.28. The molecule has 0 unspecified atom stereocenters. The van der Waals surface area contributed by atoms with Crippen LogP contribution in [0.5, 0.6) is 0 Å². The fourth-order valence-electron chi connectivity index (χ4n) is 9.73. The molecule has 3 nitrogen and oxygen atoms in total. The van der Waals surface area contributed by atoms with Gasteiger partial charge in [-0.1, -0.05) is 158 Å².